The Morgan fingerprint density at radius 2 is 1.89 bits per heavy atom. The maximum Gasteiger partial charge on any atom is 0.115 e. The van der Waals surface area contributed by atoms with Crippen LogP contribution in [0.15, 0.2) is 37.2 Å². The summed E-state index contributed by atoms with van der Waals surface area (Å²) in [6.45, 7) is 0. The molecule has 0 aliphatic carbocycles. The van der Waals surface area contributed by atoms with Crippen molar-refractivity contribution in [1.29, 1.82) is 0 Å². The van der Waals surface area contributed by atoms with Crippen molar-refractivity contribution in [2.75, 3.05) is 0 Å². The highest BCUT2D eigenvalue weighted by molar-refractivity contribution is 4.74. The van der Waals surface area contributed by atoms with Crippen LogP contribution in [0.4, 0.5) is 0 Å². The van der Waals surface area contributed by atoms with E-state index in [9.17, 15) is 0 Å². The number of nitrogens with zero attached hydrogens (tertiary/aromatic N) is 2. The number of hydrogen-bond donors (Lipinski definition) is 1. The Balaban J connectivity index is 3.04. The van der Waals surface area contributed by atoms with E-state index in [-0.39, 0.29) is 0 Å². The molecule has 3 nitrogen and oxygen atoms in total. The van der Waals surface area contributed by atoms with Gasteiger partial charge in [0.25, 0.3) is 0 Å². The van der Waals surface area contributed by atoms with Crippen molar-refractivity contribution in [1.82, 2.24) is 15.0 Å². The van der Waals surface area contributed by atoms with Gasteiger partial charge in [0.05, 0.1) is 0 Å². The monoisotopic (exact) mass is 121 g/mol. The molecule has 1 rings (SSSR count). The molecule has 0 saturated heterocycles. The molecule has 0 radical (unpaired) electrons. The summed E-state index contributed by atoms with van der Waals surface area (Å²) in [4.78, 5) is 10.4. The molecule has 0 spiro atoms. The Morgan fingerprint density at radius 3 is 2.89 bits per heavy atom. The molecule has 0 bridgehead atoms. The standard InChI is InChI=1S/C6H7N3/c1-2-7-4-5-9-6-8-3-1/h1-7H. The highest BCUT2D eigenvalue weighted by Crippen LogP contribution is 1.66. The number of rotatable bonds is 0. The first kappa shape index (κ1) is 5.75. The Hall–Kier alpha value is -1.38. The number of nitrogens with one attached hydrogen (secondary N) is 1. The lowest BCUT2D eigenvalue weighted by atomic mass is 10.7. The minimum absolute atomic E-state index is 1.48. The van der Waals surface area contributed by atoms with Crippen LogP contribution in [-0.2, 0) is 0 Å². The third-order valence-electron chi connectivity index (χ3n) is 0.755. The molecule has 0 unspecified atom stereocenters. The molecule has 46 valence electrons. The third kappa shape index (κ3) is 2.43. The normalized spacial score (nSPS) is 8.00. The fourth-order valence-corrected chi connectivity index (χ4v) is 0.405. The Kier molecular flexibility index (Phi) is 2.30. The molecular weight excluding hydrogens is 114 g/mol. The Morgan fingerprint density at radius 1 is 1.00 bits per heavy atom. The Labute approximate surface area is 53.1 Å². The highest BCUT2D eigenvalue weighted by Gasteiger charge is 1.57. The van der Waals surface area contributed by atoms with Crippen molar-refractivity contribution in [2.24, 2.45) is 0 Å². The van der Waals surface area contributed by atoms with Gasteiger partial charge < -0.3 is 4.98 Å². The minimum Gasteiger partial charge on any atom is -0.366 e. The molecule has 1 N–H and O–H groups in total. The maximum absolute atomic E-state index is 3.80. The third-order valence-corrected chi connectivity index (χ3v) is 0.755. The summed E-state index contributed by atoms with van der Waals surface area (Å²) < 4.78 is 0. The van der Waals surface area contributed by atoms with Crippen LogP contribution in [0.3, 0.4) is 0 Å². The molecule has 0 atom stereocenters. The highest BCUT2D eigenvalue weighted by atomic mass is 14.8. The van der Waals surface area contributed by atoms with Gasteiger partial charge in [0.2, 0.25) is 0 Å². The van der Waals surface area contributed by atoms with Crippen molar-refractivity contribution in [3.8, 4) is 0 Å². The molecule has 3 heteroatoms. The molecule has 9 heavy (non-hydrogen) atoms. The van der Waals surface area contributed by atoms with Crippen LogP contribution in [0.2, 0.25) is 0 Å². The smallest absolute Gasteiger partial charge is 0.115 e. The predicted molar refractivity (Wildman–Crippen MR) is 34.0 cm³/mol. The van der Waals surface area contributed by atoms with Crippen molar-refractivity contribution in [2.45, 2.75) is 0 Å². The van der Waals surface area contributed by atoms with Crippen LogP contribution in [0.5, 0.6) is 0 Å². The van der Waals surface area contributed by atoms with E-state index in [1.165, 1.54) is 6.33 Å². The average molecular weight is 121 g/mol. The van der Waals surface area contributed by atoms with E-state index in [4.69, 9.17) is 0 Å². The minimum atomic E-state index is 1.48. The second kappa shape index (κ2) is 3.60. The van der Waals surface area contributed by atoms with Crippen molar-refractivity contribution >= 4 is 0 Å². The number of hydrogen-bond acceptors (Lipinski definition) is 2. The van der Waals surface area contributed by atoms with Crippen LogP contribution < -0.4 is 0 Å². The van der Waals surface area contributed by atoms with E-state index in [2.05, 4.69) is 15.0 Å². The molecule has 1 heterocycles. The zero-order valence-electron chi connectivity index (χ0n) is 4.86. The zero-order valence-corrected chi connectivity index (χ0v) is 4.86. The summed E-state index contributed by atoms with van der Waals surface area (Å²) >= 11 is 0. The first-order chi connectivity index (χ1) is 4.50. The maximum atomic E-state index is 3.80. The molecule has 0 saturated carbocycles. The van der Waals surface area contributed by atoms with Crippen LogP contribution in [0.25, 0.3) is 0 Å². The summed E-state index contributed by atoms with van der Waals surface area (Å²) in [5, 5.41) is 0. The van der Waals surface area contributed by atoms with E-state index in [0.717, 1.165) is 0 Å². The number of aromatic amines is 1. The predicted octanol–water partition coefficient (Wildman–Crippen LogP) is 0.929. The summed E-state index contributed by atoms with van der Waals surface area (Å²) in [5.41, 5.74) is 0. The van der Waals surface area contributed by atoms with E-state index in [0.29, 0.717) is 0 Å². The zero-order chi connectivity index (χ0) is 6.36. The van der Waals surface area contributed by atoms with Gasteiger partial charge in [-0.3, -0.25) is 0 Å². The SMILES string of the molecule is c1cncncc[nH]c1. The largest absolute Gasteiger partial charge is 0.366 e. The molecule has 0 aliphatic heterocycles. The van der Waals surface area contributed by atoms with Crippen molar-refractivity contribution < 1.29 is 0 Å². The van der Waals surface area contributed by atoms with Crippen molar-refractivity contribution in [3.63, 3.8) is 0 Å². The van der Waals surface area contributed by atoms with Gasteiger partial charge in [-0.25, -0.2) is 9.97 Å². The second-order valence-electron chi connectivity index (χ2n) is 1.40. The topological polar surface area (TPSA) is 41.6 Å². The lowest BCUT2D eigenvalue weighted by Gasteiger charge is -1.64. The molecule has 0 aromatic carbocycles. The van der Waals surface area contributed by atoms with Gasteiger partial charge in [0.1, 0.15) is 6.33 Å². The first-order valence-corrected chi connectivity index (χ1v) is 2.61. The first-order valence-electron chi connectivity index (χ1n) is 2.61. The molecule has 0 aliphatic rings. The lowest BCUT2D eigenvalue weighted by Crippen LogP contribution is -1.60. The van der Waals surface area contributed by atoms with E-state index in [1.807, 2.05) is 0 Å². The fourth-order valence-electron chi connectivity index (χ4n) is 0.405. The molecular formula is C6H7N3. The number of H-pyrrole nitrogens is 1. The van der Waals surface area contributed by atoms with Gasteiger partial charge in [-0.15, -0.1) is 0 Å². The lowest BCUT2D eigenvalue weighted by molar-refractivity contribution is 1.20. The van der Waals surface area contributed by atoms with Gasteiger partial charge in [-0.2, -0.15) is 0 Å². The number of aromatic nitrogens is 3. The van der Waals surface area contributed by atoms with Crippen LogP contribution in [-0.4, -0.2) is 15.0 Å². The summed E-state index contributed by atoms with van der Waals surface area (Å²) in [5.74, 6) is 0. The fraction of sp³-hybridized carbons (Fsp3) is 0. The molecule has 1 aromatic heterocycles. The quantitative estimate of drug-likeness (QED) is 0.554. The van der Waals surface area contributed by atoms with E-state index >= 15 is 0 Å². The summed E-state index contributed by atoms with van der Waals surface area (Å²) in [6.07, 6.45) is 8.26. The molecule has 1 aromatic rings. The van der Waals surface area contributed by atoms with E-state index < -0.39 is 0 Å². The molecule has 0 fully saturated rings. The van der Waals surface area contributed by atoms with Crippen LogP contribution in [0, 0.1) is 0 Å². The van der Waals surface area contributed by atoms with Crippen LogP contribution >= 0.6 is 0 Å². The van der Waals surface area contributed by atoms with Crippen LogP contribution in [0.1, 0.15) is 0 Å². The van der Waals surface area contributed by atoms with E-state index in [1.54, 1.807) is 30.9 Å². The summed E-state index contributed by atoms with van der Waals surface area (Å²) in [6, 6.07) is 1.79. The molecule has 0 amide bonds. The van der Waals surface area contributed by atoms with Gasteiger partial charge in [0, 0.05) is 24.8 Å². The summed E-state index contributed by atoms with van der Waals surface area (Å²) in [7, 11) is 0. The van der Waals surface area contributed by atoms with Gasteiger partial charge in [-0.1, -0.05) is 0 Å². The average Bonchev–Trinajstić information content (AvgIpc) is 2.00. The van der Waals surface area contributed by atoms with Crippen molar-refractivity contribution in [3.05, 3.63) is 37.2 Å². The van der Waals surface area contributed by atoms with Gasteiger partial charge in [0.15, 0.2) is 0 Å². The van der Waals surface area contributed by atoms with Gasteiger partial charge in [-0.05, 0) is 6.07 Å². The second-order valence-corrected chi connectivity index (χ2v) is 1.40. The Bertz CT molecular complexity index is 130. The van der Waals surface area contributed by atoms with Gasteiger partial charge >= 0.3 is 0 Å².